The van der Waals surface area contributed by atoms with Crippen molar-refractivity contribution in [1.29, 1.82) is 0 Å². The number of nitro groups is 1. The van der Waals surface area contributed by atoms with E-state index >= 15 is 0 Å². The molecular weight excluding hydrogens is 326 g/mol. The van der Waals surface area contributed by atoms with Crippen LogP contribution in [-0.2, 0) is 9.47 Å². The second-order valence-corrected chi connectivity index (χ2v) is 6.81. The van der Waals surface area contributed by atoms with Gasteiger partial charge in [0.15, 0.2) is 5.79 Å². The number of rotatable bonds is 3. The van der Waals surface area contributed by atoms with Gasteiger partial charge in [-0.3, -0.25) is 14.9 Å². The maximum atomic E-state index is 13.0. The summed E-state index contributed by atoms with van der Waals surface area (Å²) in [5.74, 6) is -0.896. The summed E-state index contributed by atoms with van der Waals surface area (Å²) in [6.45, 7) is 5.80. The molecule has 2 saturated heterocycles. The van der Waals surface area contributed by atoms with E-state index in [1.165, 1.54) is 6.07 Å². The van der Waals surface area contributed by atoms with Crippen LogP contribution >= 0.6 is 0 Å². The Morgan fingerprint density at radius 3 is 2.72 bits per heavy atom. The van der Waals surface area contributed by atoms with Gasteiger partial charge in [0, 0.05) is 25.1 Å². The molecule has 0 spiro atoms. The zero-order valence-corrected chi connectivity index (χ0v) is 14.5. The summed E-state index contributed by atoms with van der Waals surface area (Å²) in [6, 6.07) is 2.99. The van der Waals surface area contributed by atoms with Gasteiger partial charge in [-0.1, -0.05) is 0 Å². The van der Waals surface area contributed by atoms with E-state index in [2.05, 4.69) is 0 Å². The van der Waals surface area contributed by atoms with Gasteiger partial charge in [-0.25, -0.2) is 0 Å². The molecule has 0 radical (unpaired) electrons. The standard InChI is InChI=1S/C17H23N3O5/c1-11-8-13(15(18)14(9-11)20(22)23)16(21)19-5-3-4-12(10-19)17(2)24-6-7-25-17/h8-9,12H,3-7,10,18H2,1-2H3. The summed E-state index contributed by atoms with van der Waals surface area (Å²) in [6.07, 6.45) is 1.73. The van der Waals surface area contributed by atoms with Crippen molar-refractivity contribution >= 4 is 17.3 Å². The zero-order chi connectivity index (χ0) is 18.2. The first kappa shape index (κ1) is 17.6. The number of hydrogen-bond acceptors (Lipinski definition) is 6. The molecule has 0 bridgehead atoms. The van der Waals surface area contributed by atoms with Crippen molar-refractivity contribution < 1.29 is 19.2 Å². The molecule has 1 aromatic carbocycles. The first-order valence-electron chi connectivity index (χ1n) is 8.43. The van der Waals surface area contributed by atoms with E-state index in [4.69, 9.17) is 15.2 Å². The summed E-state index contributed by atoms with van der Waals surface area (Å²) in [7, 11) is 0. The van der Waals surface area contributed by atoms with Crippen LogP contribution in [0.3, 0.4) is 0 Å². The van der Waals surface area contributed by atoms with E-state index in [9.17, 15) is 14.9 Å². The van der Waals surface area contributed by atoms with Crippen LogP contribution < -0.4 is 5.73 Å². The number of nitro benzene ring substituents is 1. The summed E-state index contributed by atoms with van der Waals surface area (Å²) in [4.78, 5) is 25.3. The number of hydrogen-bond donors (Lipinski definition) is 1. The van der Waals surface area contributed by atoms with Crippen molar-refractivity contribution in [3.05, 3.63) is 33.4 Å². The minimum atomic E-state index is -0.677. The van der Waals surface area contributed by atoms with Crippen LogP contribution in [0.5, 0.6) is 0 Å². The van der Waals surface area contributed by atoms with Crippen LogP contribution in [0.15, 0.2) is 12.1 Å². The molecule has 25 heavy (non-hydrogen) atoms. The van der Waals surface area contributed by atoms with Gasteiger partial charge in [0.2, 0.25) is 0 Å². The predicted molar refractivity (Wildman–Crippen MR) is 91.2 cm³/mol. The Morgan fingerprint density at radius 2 is 2.08 bits per heavy atom. The Bertz CT molecular complexity index is 700. The van der Waals surface area contributed by atoms with Crippen molar-refractivity contribution in [1.82, 2.24) is 4.90 Å². The van der Waals surface area contributed by atoms with E-state index < -0.39 is 10.7 Å². The van der Waals surface area contributed by atoms with Crippen LogP contribution in [0.1, 0.15) is 35.7 Å². The molecule has 1 unspecified atom stereocenters. The lowest BCUT2D eigenvalue weighted by atomic mass is 9.90. The molecular formula is C17H23N3O5. The maximum Gasteiger partial charge on any atom is 0.293 e. The van der Waals surface area contributed by atoms with Crippen molar-refractivity contribution in [2.24, 2.45) is 5.92 Å². The third kappa shape index (κ3) is 3.32. The largest absolute Gasteiger partial charge is 0.393 e. The summed E-state index contributed by atoms with van der Waals surface area (Å²) in [5.41, 5.74) is 6.41. The maximum absolute atomic E-state index is 13.0. The first-order chi connectivity index (χ1) is 11.8. The fourth-order valence-corrected chi connectivity index (χ4v) is 3.63. The number of piperidine rings is 1. The van der Waals surface area contributed by atoms with Crippen molar-refractivity contribution in [2.75, 3.05) is 32.0 Å². The molecule has 2 heterocycles. The number of nitrogens with zero attached hydrogens (tertiary/aromatic N) is 2. The van der Waals surface area contributed by atoms with Crippen LogP contribution in [0.2, 0.25) is 0 Å². The molecule has 2 fully saturated rings. The second kappa shape index (κ2) is 6.61. The van der Waals surface area contributed by atoms with Gasteiger partial charge in [0.25, 0.3) is 11.6 Å². The Morgan fingerprint density at radius 1 is 1.40 bits per heavy atom. The number of likely N-dealkylation sites (tertiary alicyclic amines) is 1. The first-order valence-corrected chi connectivity index (χ1v) is 8.43. The molecule has 0 aliphatic carbocycles. The molecule has 136 valence electrons. The zero-order valence-electron chi connectivity index (χ0n) is 14.5. The molecule has 0 aromatic heterocycles. The van der Waals surface area contributed by atoms with Crippen LogP contribution in [0, 0.1) is 23.0 Å². The second-order valence-electron chi connectivity index (χ2n) is 6.81. The highest BCUT2D eigenvalue weighted by Crippen LogP contribution is 2.35. The molecule has 8 heteroatoms. The molecule has 1 aromatic rings. The van der Waals surface area contributed by atoms with Gasteiger partial charge in [-0.15, -0.1) is 0 Å². The topological polar surface area (TPSA) is 108 Å². The predicted octanol–water partition coefficient (Wildman–Crippen LogP) is 2.10. The van der Waals surface area contributed by atoms with Gasteiger partial charge >= 0.3 is 0 Å². The summed E-state index contributed by atoms with van der Waals surface area (Å²) < 4.78 is 11.5. The van der Waals surface area contributed by atoms with Gasteiger partial charge in [0.1, 0.15) is 5.69 Å². The van der Waals surface area contributed by atoms with Crippen LogP contribution in [0.25, 0.3) is 0 Å². The molecule has 1 atom stereocenters. The summed E-state index contributed by atoms with van der Waals surface area (Å²) in [5, 5.41) is 11.2. The highest BCUT2D eigenvalue weighted by atomic mass is 16.7. The van der Waals surface area contributed by atoms with Gasteiger partial charge in [0.05, 0.1) is 23.7 Å². The highest BCUT2D eigenvalue weighted by Gasteiger charge is 2.43. The Kier molecular flexibility index (Phi) is 4.66. The number of carbonyl (C=O) groups excluding carboxylic acids is 1. The number of nitrogens with two attached hydrogens (primary N) is 1. The normalized spacial score (nSPS) is 22.8. The lowest BCUT2D eigenvalue weighted by molar-refractivity contribution is -0.384. The minimum Gasteiger partial charge on any atom is -0.393 e. The lowest BCUT2D eigenvalue weighted by Gasteiger charge is -2.40. The van der Waals surface area contributed by atoms with E-state index in [1.807, 2.05) is 6.92 Å². The molecule has 3 rings (SSSR count). The van der Waals surface area contributed by atoms with Crippen molar-refractivity contribution in [3.63, 3.8) is 0 Å². The fraction of sp³-hybridized carbons (Fsp3) is 0.588. The Labute approximate surface area is 146 Å². The quantitative estimate of drug-likeness (QED) is 0.508. The Hall–Kier alpha value is -2.19. The van der Waals surface area contributed by atoms with E-state index in [0.717, 1.165) is 12.8 Å². The third-order valence-electron chi connectivity index (χ3n) is 5.04. The number of nitrogen functional groups attached to an aromatic ring is 1. The van der Waals surface area contributed by atoms with Crippen LogP contribution in [-0.4, -0.2) is 47.8 Å². The van der Waals surface area contributed by atoms with E-state index in [0.29, 0.717) is 31.9 Å². The van der Waals surface area contributed by atoms with Crippen molar-refractivity contribution in [3.8, 4) is 0 Å². The number of carbonyl (C=O) groups is 1. The van der Waals surface area contributed by atoms with E-state index in [1.54, 1.807) is 17.9 Å². The summed E-state index contributed by atoms with van der Waals surface area (Å²) >= 11 is 0. The average molecular weight is 349 g/mol. The van der Waals surface area contributed by atoms with Gasteiger partial charge < -0.3 is 20.1 Å². The number of ether oxygens (including phenoxy) is 2. The molecule has 2 N–H and O–H groups in total. The van der Waals surface area contributed by atoms with Crippen molar-refractivity contribution in [2.45, 2.75) is 32.5 Å². The monoisotopic (exact) mass is 349 g/mol. The molecule has 1 amide bonds. The molecule has 8 nitrogen and oxygen atoms in total. The number of benzene rings is 1. The number of anilines is 1. The molecule has 2 aliphatic rings. The lowest BCUT2D eigenvalue weighted by Crippen LogP contribution is -2.48. The average Bonchev–Trinajstić information content (AvgIpc) is 3.04. The number of aryl methyl sites for hydroxylation is 1. The Balaban J connectivity index is 1.84. The minimum absolute atomic E-state index is 0.0636. The van der Waals surface area contributed by atoms with E-state index in [-0.39, 0.29) is 28.8 Å². The number of amides is 1. The smallest absolute Gasteiger partial charge is 0.293 e. The third-order valence-corrected chi connectivity index (χ3v) is 5.04. The van der Waals surface area contributed by atoms with Gasteiger partial charge in [-0.05, 0) is 38.3 Å². The fourth-order valence-electron chi connectivity index (χ4n) is 3.63. The van der Waals surface area contributed by atoms with Crippen LogP contribution in [0.4, 0.5) is 11.4 Å². The van der Waals surface area contributed by atoms with Gasteiger partial charge in [-0.2, -0.15) is 0 Å². The molecule has 2 aliphatic heterocycles. The SMILES string of the molecule is Cc1cc(C(=O)N2CCCC(C3(C)OCCO3)C2)c(N)c([N+](=O)[O-])c1. The molecule has 0 saturated carbocycles. The highest BCUT2D eigenvalue weighted by molar-refractivity contribution is 6.01.